The van der Waals surface area contributed by atoms with Gasteiger partial charge >= 0.3 is 0 Å². The Balaban J connectivity index is 1.58. The van der Waals surface area contributed by atoms with Crippen LogP contribution in [0.15, 0.2) is 77.3 Å². The molecule has 0 saturated heterocycles. The molecular weight excluding hydrogens is 392 g/mol. The van der Waals surface area contributed by atoms with Gasteiger partial charge in [0, 0.05) is 27.6 Å². The number of amides is 1. The molecule has 30 heavy (non-hydrogen) atoms. The number of carbonyl (C=O) groups excluding carboxylic acids is 1. The zero-order valence-electron chi connectivity index (χ0n) is 16.9. The van der Waals surface area contributed by atoms with Gasteiger partial charge in [-0.05, 0) is 25.0 Å². The number of nitrogens with one attached hydrogen (secondary N) is 1. The number of benzene rings is 2. The van der Waals surface area contributed by atoms with Crippen molar-refractivity contribution in [3.8, 4) is 11.3 Å². The third kappa shape index (κ3) is 4.39. The molecule has 0 bridgehead atoms. The van der Waals surface area contributed by atoms with Crippen molar-refractivity contribution in [3.05, 3.63) is 99.4 Å². The largest absolute Gasteiger partial charge is 0.272 e. The van der Waals surface area contributed by atoms with Gasteiger partial charge in [0.1, 0.15) is 5.69 Å². The van der Waals surface area contributed by atoms with Crippen LogP contribution in [-0.4, -0.2) is 21.9 Å². The molecule has 0 saturated carbocycles. The Morgan fingerprint density at radius 2 is 1.80 bits per heavy atom. The maximum absolute atomic E-state index is 12.4. The molecular formula is C24H22N4OS. The van der Waals surface area contributed by atoms with Gasteiger partial charge in [-0.15, -0.1) is 11.3 Å². The molecule has 2 heterocycles. The Kier molecular flexibility index (Phi) is 5.86. The first-order chi connectivity index (χ1) is 14.6. The van der Waals surface area contributed by atoms with Crippen molar-refractivity contribution in [2.45, 2.75) is 20.4 Å². The molecule has 0 unspecified atom stereocenters. The number of hydrazone groups is 1. The average molecular weight is 415 g/mol. The summed E-state index contributed by atoms with van der Waals surface area (Å²) in [5.74, 6) is -0.203. The predicted molar refractivity (Wildman–Crippen MR) is 122 cm³/mol. The minimum Gasteiger partial charge on any atom is -0.267 e. The van der Waals surface area contributed by atoms with Gasteiger partial charge < -0.3 is 0 Å². The highest BCUT2D eigenvalue weighted by molar-refractivity contribution is 7.10. The van der Waals surface area contributed by atoms with E-state index in [9.17, 15) is 4.79 Å². The summed E-state index contributed by atoms with van der Waals surface area (Å²) in [7, 11) is 0. The predicted octanol–water partition coefficient (Wildman–Crippen LogP) is 5.04. The zero-order valence-corrected chi connectivity index (χ0v) is 17.7. The molecule has 0 atom stereocenters. The summed E-state index contributed by atoms with van der Waals surface area (Å²) in [6, 6.07) is 20.2. The van der Waals surface area contributed by atoms with Crippen LogP contribution >= 0.6 is 11.3 Å². The first-order valence-electron chi connectivity index (χ1n) is 9.66. The van der Waals surface area contributed by atoms with E-state index in [1.54, 1.807) is 17.6 Å². The standard InChI is InChI=1S/C24H22N4OS/c1-17-18(2)30-16-22(17)24(29)26-25-13-21-15-28(14-19-9-5-3-6-10-19)27-23(21)20-11-7-4-8-12-20/h3-13,15-16H,14H2,1-2H3,(H,26,29). The fourth-order valence-corrected chi connectivity index (χ4v) is 4.03. The van der Waals surface area contributed by atoms with E-state index < -0.39 is 0 Å². The van der Waals surface area contributed by atoms with E-state index in [1.165, 1.54) is 5.56 Å². The highest BCUT2D eigenvalue weighted by Gasteiger charge is 2.13. The fourth-order valence-electron chi connectivity index (χ4n) is 3.16. The number of aryl methyl sites for hydroxylation is 1. The Labute approximate surface area is 179 Å². The van der Waals surface area contributed by atoms with Crippen molar-refractivity contribution in [1.29, 1.82) is 0 Å². The normalized spacial score (nSPS) is 11.1. The Morgan fingerprint density at radius 1 is 1.10 bits per heavy atom. The third-order valence-electron chi connectivity index (χ3n) is 4.92. The summed E-state index contributed by atoms with van der Waals surface area (Å²) in [6.07, 6.45) is 3.61. The number of hydrogen-bond acceptors (Lipinski definition) is 4. The van der Waals surface area contributed by atoms with Crippen LogP contribution in [0.3, 0.4) is 0 Å². The number of nitrogens with zero attached hydrogens (tertiary/aromatic N) is 3. The fraction of sp³-hybridized carbons (Fsp3) is 0.125. The molecule has 0 fully saturated rings. The van der Waals surface area contributed by atoms with Crippen molar-refractivity contribution >= 4 is 23.5 Å². The van der Waals surface area contributed by atoms with Crippen molar-refractivity contribution in [3.63, 3.8) is 0 Å². The van der Waals surface area contributed by atoms with Crippen LogP contribution in [0.5, 0.6) is 0 Å². The van der Waals surface area contributed by atoms with E-state index in [2.05, 4.69) is 22.7 Å². The molecule has 0 aliphatic rings. The first-order valence-corrected chi connectivity index (χ1v) is 10.5. The number of rotatable bonds is 6. The lowest BCUT2D eigenvalue weighted by Gasteiger charge is -2.01. The summed E-state index contributed by atoms with van der Waals surface area (Å²) < 4.78 is 1.90. The minimum atomic E-state index is -0.203. The Morgan fingerprint density at radius 3 is 2.47 bits per heavy atom. The topological polar surface area (TPSA) is 59.3 Å². The van der Waals surface area contributed by atoms with Gasteiger partial charge in [-0.3, -0.25) is 9.48 Å². The van der Waals surface area contributed by atoms with E-state index in [-0.39, 0.29) is 5.91 Å². The van der Waals surface area contributed by atoms with Crippen LogP contribution in [-0.2, 0) is 6.54 Å². The van der Waals surface area contributed by atoms with Gasteiger partial charge in [-0.1, -0.05) is 60.7 Å². The van der Waals surface area contributed by atoms with Gasteiger partial charge in [0.2, 0.25) is 0 Å². The maximum Gasteiger partial charge on any atom is 0.272 e. The molecule has 5 nitrogen and oxygen atoms in total. The second-order valence-corrected chi connectivity index (χ2v) is 8.10. The molecule has 0 aliphatic carbocycles. The molecule has 2 aromatic heterocycles. The monoisotopic (exact) mass is 414 g/mol. The van der Waals surface area contributed by atoms with E-state index in [4.69, 9.17) is 5.10 Å². The van der Waals surface area contributed by atoms with E-state index in [0.717, 1.165) is 27.3 Å². The molecule has 4 aromatic rings. The first kappa shape index (κ1) is 19.8. The molecule has 0 aliphatic heterocycles. The van der Waals surface area contributed by atoms with Gasteiger partial charge in [-0.2, -0.15) is 10.2 Å². The SMILES string of the molecule is Cc1scc(C(=O)NN=Cc2cn(Cc3ccccc3)nc2-c2ccccc2)c1C. The molecule has 150 valence electrons. The maximum atomic E-state index is 12.4. The lowest BCUT2D eigenvalue weighted by molar-refractivity contribution is 0.0955. The third-order valence-corrected chi connectivity index (χ3v) is 5.94. The number of aromatic nitrogens is 2. The second-order valence-electron chi connectivity index (χ2n) is 7.01. The molecule has 1 N–H and O–H groups in total. The molecule has 6 heteroatoms. The van der Waals surface area contributed by atoms with E-state index in [0.29, 0.717) is 12.1 Å². The summed E-state index contributed by atoms with van der Waals surface area (Å²) in [5, 5.41) is 10.8. The summed E-state index contributed by atoms with van der Waals surface area (Å²) in [4.78, 5) is 13.6. The number of thiophene rings is 1. The van der Waals surface area contributed by atoms with Gasteiger partial charge in [-0.25, -0.2) is 5.43 Å². The molecule has 0 spiro atoms. The van der Waals surface area contributed by atoms with Crippen LogP contribution in [0.25, 0.3) is 11.3 Å². The van der Waals surface area contributed by atoms with Crippen molar-refractivity contribution in [1.82, 2.24) is 15.2 Å². The van der Waals surface area contributed by atoms with Crippen LogP contribution < -0.4 is 5.43 Å². The highest BCUT2D eigenvalue weighted by atomic mass is 32.1. The molecule has 4 rings (SSSR count). The van der Waals surface area contributed by atoms with Crippen molar-refractivity contribution in [2.75, 3.05) is 0 Å². The van der Waals surface area contributed by atoms with Gasteiger partial charge in [0.25, 0.3) is 5.91 Å². The lowest BCUT2D eigenvalue weighted by atomic mass is 10.1. The van der Waals surface area contributed by atoms with Gasteiger partial charge in [0.05, 0.1) is 18.3 Å². The second kappa shape index (κ2) is 8.88. The Bertz CT molecular complexity index is 1180. The average Bonchev–Trinajstić information content (AvgIpc) is 3.32. The number of hydrogen-bond donors (Lipinski definition) is 1. The lowest BCUT2D eigenvalue weighted by Crippen LogP contribution is -2.17. The van der Waals surface area contributed by atoms with Crippen LogP contribution in [0, 0.1) is 13.8 Å². The highest BCUT2D eigenvalue weighted by Crippen LogP contribution is 2.22. The van der Waals surface area contributed by atoms with Crippen molar-refractivity contribution in [2.24, 2.45) is 5.10 Å². The minimum absolute atomic E-state index is 0.203. The molecule has 0 radical (unpaired) electrons. The summed E-state index contributed by atoms with van der Waals surface area (Å²) in [6.45, 7) is 4.62. The zero-order chi connectivity index (χ0) is 20.9. The van der Waals surface area contributed by atoms with Crippen molar-refractivity contribution < 1.29 is 4.79 Å². The van der Waals surface area contributed by atoms with Crippen LogP contribution in [0.4, 0.5) is 0 Å². The van der Waals surface area contributed by atoms with Gasteiger partial charge in [0.15, 0.2) is 0 Å². The smallest absolute Gasteiger partial charge is 0.267 e. The Hall–Kier alpha value is -3.51. The van der Waals surface area contributed by atoms with E-state index in [1.807, 2.05) is 78.6 Å². The van der Waals surface area contributed by atoms with Crippen LogP contribution in [0.2, 0.25) is 0 Å². The molecule has 2 aromatic carbocycles. The molecule has 1 amide bonds. The van der Waals surface area contributed by atoms with E-state index >= 15 is 0 Å². The van der Waals surface area contributed by atoms with Crippen LogP contribution in [0.1, 0.15) is 31.9 Å². The summed E-state index contributed by atoms with van der Waals surface area (Å²) in [5.41, 5.74) is 8.13. The summed E-state index contributed by atoms with van der Waals surface area (Å²) >= 11 is 1.57. The quantitative estimate of drug-likeness (QED) is 0.355. The number of carbonyl (C=O) groups is 1.